The summed E-state index contributed by atoms with van der Waals surface area (Å²) >= 11 is 6.08. The number of aromatic nitrogens is 3. The first kappa shape index (κ1) is 27.1. The molecule has 7 nitrogen and oxygen atoms in total. The van der Waals surface area contributed by atoms with Gasteiger partial charge in [-0.15, -0.1) is 0 Å². The maximum absolute atomic E-state index is 14.8. The number of fused-ring (bicyclic) bond motifs is 1. The number of nitrogens with one attached hydrogen (secondary N) is 2. The van der Waals surface area contributed by atoms with Crippen LogP contribution in [0.5, 0.6) is 0 Å². The lowest BCUT2D eigenvalue weighted by molar-refractivity contribution is -0.383. The Bertz CT molecular complexity index is 1710. The Kier molecular flexibility index (Phi) is 6.92. The van der Waals surface area contributed by atoms with Gasteiger partial charge in [0.1, 0.15) is 11.4 Å². The predicted molar refractivity (Wildman–Crippen MR) is 143 cm³/mol. The van der Waals surface area contributed by atoms with Gasteiger partial charge in [-0.3, -0.25) is 15.1 Å². The zero-order chi connectivity index (χ0) is 28.7. The number of alkyl halides is 3. The second-order valence-electron chi connectivity index (χ2n) is 9.25. The Morgan fingerprint density at radius 1 is 1.02 bits per heavy atom. The third-order valence-corrected chi connectivity index (χ3v) is 6.76. The van der Waals surface area contributed by atoms with E-state index >= 15 is 0 Å². The van der Waals surface area contributed by atoms with Crippen molar-refractivity contribution in [3.8, 4) is 0 Å². The molecule has 0 amide bonds. The number of aryl methyl sites for hydroxylation is 1. The Morgan fingerprint density at radius 3 is 2.40 bits per heavy atom. The smallest absolute Gasteiger partial charge is 0.340 e. The number of halogens is 5. The average Bonchev–Trinajstić information content (AvgIpc) is 3.30. The first-order valence-corrected chi connectivity index (χ1v) is 12.3. The molecule has 0 bridgehead atoms. The fraction of sp³-hybridized carbons (Fsp3) is 0.143. The molecule has 2 N–H and O–H groups in total. The minimum Gasteiger partial charge on any atom is -0.340 e. The van der Waals surface area contributed by atoms with E-state index in [9.17, 15) is 27.7 Å². The van der Waals surface area contributed by atoms with Gasteiger partial charge in [-0.25, -0.2) is 9.37 Å². The lowest BCUT2D eigenvalue weighted by atomic mass is 9.80. The van der Waals surface area contributed by atoms with Crippen LogP contribution in [-0.2, 0) is 18.1 Å². The third kappa shape index (κ3) is 5.20. The minimum absolute atomic E-state index is 0.00138. The van der Waals surface area contributed by atoms with Gasteiger partial charge in [0.25, 0.3) is 5.69 Å². The van der Waals surface area contributed by atoms with Crippen molar-refractivity contribution in [2.24, 2.45) is 0 Å². The van der Waals surface area contributed by atoms with Crippen molar-refractivity contribution >= 4 is 34.3 Å². The summed E-state index contributed by atoms with van der Waals surface area (Å²) in [6.45, 7) is 1.57. The number of aromatic amines is 1. The molecule has 0 saturated heterocycles. The van der Waals surface area contributed by atoms with Crippen LogP contribution in [0.3, 0.4) is 0 Å². The van der Waals surface area contributed by atoms with E-state index in [0.29, 0.717) is 22.7 Å². The standard InChI is InChI=1S/C28H20ClF4N5O2/c1-16-7-9-22-24(25(16)38(39)40)36-26(35-22)37-27(14-17-5-3-2-4-6-17,23-10-8-20(29)15-34-23)18-11-19(28(31,32)33)13-21(30)12-18/h2-13,15H,14H2,1H3,(H2,35,36,37). The van der Waals surface area contributed by atoms with E-state index in [1.807, 2.05) is 0 Å². The third-order valence-electron chi connectivity index (χ3n) is 6.54. The Morgan fingerprint density at radius 2 is 1.75 bits per heavy atom. The maximum Gasteiger partial charge on any atom is 0.416 e. The number of nitrogens with zero attached hydrogens (tertiary/aromatic N) is 3. The highest BCUT2D eigenvalue weighted by Gasteiger charge is 2.40. The molecule has 0 fully saturated rings. The number of hydrogen-bond donors (Lipinski definition) is 2. The molecule has 3 aromatic carbocycles. The molecule has 1 atom stereocenters. The summed E-state index contributed by atoms with van der Waals surface area (Å²) < 4.78 is 56.4. The molecular weight excluding hydrogens is 550 g/mol. The van der Waals surface area contributed by atoms with Gasteiger partial charge in [0.15, 0.2) is 5.52 Å². The number of H-pyrrole nitrogens is 1. The van der Waals surface area contributed by atoms with Crippen molar-refractivity contribution in [3.63, 3.8) is 0 Å². The highest BCUT2D eigenvalue weighted by atomic mass is 35.5. The van der Waals surface area contributed by atoms with Crippen LogP contribution < -0.4 is 5.32 Å². The topological polar surface area (TPSA) is 96.7 Å². The number of hydrogen-bond acceptors (Lipinski definition) is 5. The second kappa shape index (κ2) is 10.2. The molecule has 0 spiro atoms. The molecule has 0 saturated carbocycles. The molecule has 40 heavy (non-hydrogen) atoms. The van der Waals surface area contributed by atoms with E-state index in [1.54, 1.807) is 49.4 Å². The molecule has 204 valence electrons. The van der Waals surface area contributed by atoms with Crippen LogP contribution in [-0.4, -0.2) is 19.9 Å². The van der Waals surface area contributed by atoms with Crippen LogP contribution >= 0.6 is 11.6 Å². The van der Waals surface area contributed by atoms with E-state index in [0.717, 1.165) is 12.1 Å². The average molecular weight is 570 g/mol. The SMILES string of the molecule is Cc1ccc2[nH]c(NC(Cc3ccccc3)(c3cc(F)cc(C(F)(F)F)c3)c3ccc(Cl)cn3)nc2c1[N+](=O)[O-]. The van der Waals surface area contributed by atoms with E-state index in [-0.39, 0.29) is 39.9 Å². The molecule has 2 aromatic heterocycles. The highest BCUT2D eigenvalue weighted by Crippen LogP contribution is 2.40. The summed E-state index contributed by atoms with van der Waals surface area (Å²) in [6.07, 6.45) is -3.50. The number of rotatable bonds is 7. The number of benzene rings is 3. The van der Waals surface area contributed by atoms with Crippen LogP contribution in [0.1, 0.15) is 27.9 Å². The molecule has 0 radical (unpaired) electrons. The summed E-state index contributed by atoms with van der Waals surface area (Å²) in [4.78, 5) is 23.0. The molecule has 1 unspecified atom stereocenters. The highest BCUT2D eigenvalue weighted by molar-refractivity contribution is 6.30. The first-order valence-electron chi connectivity index (χ1n) is 11.9. The molecule has 5 aromatic rings. The van der Waals surface area contributed by atoms with E-state index in [4.69, 9.17) is 11.6 Å². The van der Waals surface area contributed by atoms with Crippen LogP contribution in [0.15, 0.2) is 79.0 Å². The summed E-state index contributed by atoms with van der Waals surface area (Å²) in [5, 5.41) is 15.2. The maximum atomic E-state index is 14.8. The second-order valence-corrected chi connectivity index (χ2v) is 9.69. The van der Waals surface area contributed by atoms with Crippen molar-refractivity contribution in [3.05, 3.63) is 128 Å². The molecule has 12 heteroatoms. The fourth-order valence-corrected chi connectivity index (χ4v) is 4.82. The van der Waals surface area contributed by atoms with Gasteiger partial charge in [-0.1, -0.05) is 48.0 Å². The molecule has 0 aliphatic heterocycles. The molecule has 5 rings (SSSR count). The van der Waals surface area contributed by atoms with Gasteiger partial charge in [-0.05, 0) is 54.4 Å². The minimum atomic E-state index is -4.83. The van der Waals surface area contributed by atoms with E-state index in [2.05, 4.69) is 20.3 Å². The first-order chi connectivity index (χ1) is 19.0. The fourth-order valence-electron chi connectivity index (χ4n) is 4.70. The lowest BCUT2D eigenvalue weighted by Gasteiger charge is -2.35. The Hall–Kier alpha value is -4.51. The lowest BCUT2D eigenvalue weighted by Crippen LogP contribution is -2.40. The summed E-state index contributed by atoms with van der Waals surface area (Å²) in [6, 6.07) is 17.3. The van der Waals surface area contributed by atoms with Crippen molar-refractivity contribution in [1.29, 1.82) is 0 Å². The van der Waals surface area contributed by atoms with Crippen molar-refractivity contribution < 1.29 is 22.5 Å². The zero-order valence-corrected chi connectivity index (χ0v) is 21.5. The van der Waals surface area contributed by atoms with Gasteiger partial charge in [-0.2, -0.15) is 13.2 Å². The Labute approximate surface area is 230 Å². The van der Waals surface area contributed by atoms with Gasteiger partial charge in [0.2, 0.25) is 5.95 Å². The number of pyridine rings is 1. The summed E-state index contributed by atoms with van der Waals surface area (Å²) in [5.74, 6) is -1.09. The number of nitro benzene ring substituents is 1. The predicted octanol–water partition coefficient (Wildman–Crippen LogP) is 7.58. The monoisotopic (exact) mass is 569 g/mol. The van der Waals surface area contributed by atoms with Gasteiger partial charge in [0.05, 0.1) is 26.7 Å². The molecule has 2 heterocycles. The summed E-state index contributed by atoms with van der Waals surface area (Å²) in [7, 11) is 0. The van der Waals surface area contributed by atoms with Gasteiger partial charge < -0.3 is 10.3 Å². The number of imidazole rings is 1. The molecule has 0 aliphatic carbocycles. The molecule has 0 aliphatic rings. The quantitative estimate of drug-likeness (QED) is 0.120. The summed E-state index contributed by atoms with van der Waals surface area (Å²) in [5.41, 5.74) is -1.47. The van der Waals surface area contributed by atoms with Gasteiger partial charge >= 0.3 is 6.18 Å². The van der Waals surface area contributed by atoms with Crippen LogP contribution in [0, 0.1) is 22.9 Å². The van der Waals surface area contributed by atoms with E-state index in [1.165, 1.54) is 18.3 Å². The van der Waals surface area contributed by atoms with Gasteiger partial charge in [0, 0.05) is 18.2 Å². The van der Waals surface area contributed by atoms with Crippen LogP contribution in [0.25, 0.3) is 11.0 Å². The normalized spacial score (nSPS) is 13.2. The number of nitro groups is 1. The van der Waals surface area contributed by atoms with Crippen molar-refractivity contribution in [2.45, 2.75) is 25.1 Å². The zero-order valence-electron chi connectivity index (χ0n) is 20.8. The van der Waals surface area contributed by atoms with Crippen molar-refractivity contribution in [1.82, 2.24) is 15.0 Å². The molecular formula is C28H20ClF4N5O2. The van der Waals surface area contributed by atoms with Crippen LogP contribution in [0.2, 0.25) is 5.02 Å². The number of anilines is 1. The van der Waals surface area contributed by atoms with E-state index < -0.39 is 28.0 Å². The van der Waals surface area contributed by atoms with Crippen molar-refractivity contribution in [2.75, 3.05) is 5.32 Å². The largest absolute Gasteiger partial charge is 0.416 e. The Balaban J connectivity index is 1.79. The van der Waals surface area contributed by atoms with Crippen LogP contribution in [0.4, 0.5) is 29.2 Å².